The quantitative estimate of drug-likeness (QED) is 0.901. The van der Waals surface area contributed by atoms with E-state index in [1.165, 1.54) is 19.4 Å². The number of hydrogen-bond acceptors (Lipinski definition) is 4. The number of anilines is 2. The Labute approximate surface area is 115 Å². The SMILES string of the molecule is COc1ccc(C)cc1NC(=O)c1ccnc(N)c1F. The average Bonchev–Trinajstić information content (AvgIpc) is 2.42. The molecule has 0 aliphatic heterocycles. The summed E-state index contributed by atoms with van der Waals surface area (Å²) in [6.07, 6.45) is 1.28. The molecule has 0 bridgehead atoms. The molecule has 0 spiro atoms. The Balaban J connectivity index is 2.32. The van der Waals surface area contributed by atoms with Gasteiger partial charge in [-0.25, -0.2) is 9.37 Å². The van der Waals surface area contributed by atoms with Gasteiger partial charge in [-0.3, -0.25) is 4.79 Å². The van der Waals surface area contributed by atoms with Crippen LogP contribution in [-0.4, -0.2) is 18.0 Å². The van der Waals surface area contributed by atoms with Crippen molar-refractivity contribution in [1.82, 2.24) is 4.98 Å². The van der Waals surface area contributed by atoms with Gasteiger partial charge in [0.1, 0.15) is 5.75 Å². The lowest BCUT2D eigenvalue weighted by atomic mass is 10.2. The summed E-state index contributed by atoms with van der Waals surface area (Å²) in [5, 5.41) is 2.60. The molecule has 0 saturated heterocycles. The molecule has 0 unspecified atom stereocenters. The summed E-state index contributed by atoms with van der Waals surface area (Å²) >= 11 is 0. The zero-order valence-corrected chi connectivity index (χ0v) is 11.1. The Bertz CT molecular complexity index is 659. The van der Waals surface area contributed by atoms with E-state index >= 15 is 0 Å². The van der Waals surface area contributed by atoms with Crippen molar-refractivity contribution in [2.24, 2.45) is 0 Å². The molecule has 20 heavy (non-hydrogen) atoms. The first-order chi connectivity index (χ1) is 9.52. The average molecular weight is 275 g/mol. The van der Waals surface area contributed by atoms with E-state index in [1.54, 1.807) is 12.1 Å². The number of halogens is 1. The number of carbonyl (C=O) groups excluding carboxylic acids is 1. The smallest absolute Gasteiger partial charge is 0.258 e. The van der Waals surface area contributed by atoms with Crippen molar-refractivity contribution in [2.45, 2.75) is 6.92 Å². The van der Waals surface area contributed by atoms with Gasteiger partial charge >= 0.3 is 0 Å². The molecule has 0 aliphatic carbocycles. The number of aromatic nitrogens is 1. The van der Waals surface area contributed by atoms with Crippen molar-refractivity contribution in [2.75, 3.05) is 18.2 Å². The highest BCUT2D eigenvalue weighted by molar-refractivity contribution is 6.05. The van der Waals surface area contributed by atoms with Crippen LogP contribution in [0.5, 0.6) is 5.75 Å². The van der Waals surface area contributed by atoms with E-state index in [1.807, 2.05) is 13.0 Å². The Morgan fingerprint density at radius 1 is 1.40 bits per heavy atom. The topological polar surface area (TPSA) is 77.2 Å². The molecule has 1 aromatic carbocycles. The maximum absolute atomic E-state index is 13.7. The standard InChI is InChI=1S/C14H14FN3O2/c1-8-3-4-11(20-2)10(7-8)18-14(19)9-5-6-17-13(16)12(9)15/h3-7H,1-2H3,(H2,16,17)(H,18,19). The number of benzene rings is 1. The number of amides is 1. The van der Waals surface area contributed by atoms with E-state index in [9.17, 15) is 9.18 Å². The number of pyridine rings is 1. The van der Waals surface area contributed by atoms with Crippen molar-refractivity contribution in [3.8, 4) is 5.75 Å². The third-order valence-electron chi connectivity index (χ3n) is 2.76. The second-order valence-corrected chi connectivity index (χ2v) is 4.22. The second kappa shape index (κ2) is 5.56. The molecule has 104 valence electrons. The fraction of sp³-hybridized carbons (Fsp3) is 0.143. The molecule has 0 aliphatic rings. The maximum Gasteiger partial charge on any atom is 0.258 e. The van der Waals surface area contributed by atoms with Crippen LogP contribution < -0.4 is 15.8 Å². The van der Waals surface area contributed by atoms with E-state index in [0.717, 1.165) is 5.56 Å². The van der Waals surface area contributed by atoms with Crippen molar-refractivity contribution >= 4 is 17.4 Å². The minimum atomic E-state index is -0.836. The van der Waals surface area contributed by atoms with Crippen molar-refractivity contribution in [3.05, 3.63) is 47.4 Å². The number of rotatable bonds is 3. The molecule has 3 N–H and O–H groups in total. The molecule has 2 aromatic rings. The summed E-state index contributed by atoms with van der Waals surface area (Å²) in [5.74, 6) is -1.27. The van der Waals surface area contributed by atoms with Crippen LogP contribution in [0, 0.1) is 12.7 Å². The number of carbonyl (C=O) groups is 1. The molecular weight excluding hydrogens is 261 g/mol. The third kappa shape index (κ3) is 2.69. The lowest BCUT2D eigenvalue weighted by molar-refractivity contribution is 0.102. The van der Waals surface area contributed by atoms with Gasteiger partial charge in [0.25, 0.3) is 5.91 Å². The van der Waals surface area contributed by atoms with E-state index in [4.69, 9.17) is 10.5 Å². The van der Waals surface area contributed by atoms with Gasteiger partial charge in [-0.1, -0.05) is 6.07 Å². The van der Waals surface area contributed by atoms with Crippen LogP contribution in [0.4, 0.5) is 15.9 Å². The van der Waals surface area contributed by atoms with Crippen LogP contribution in [-0.2, 0) is 0 Å². The van der Waals surface area contributed by atoms with Gasteiger partial charge in [-0.05, 0) is 30.7 Å². The summed E-state index contributed by atoms with van der Waals surface area (Å²) in [6, 6.07) is 6.57. The van der Waals surface area contributed by atoms with Crippen LogP contribution in [0.15, 0.2) is 30.5 Å². The third-order valence-corrected chi connectivity index (χ3v) is 2.76. The fourth-order valence-electron chi connectivity index (χ4n) is 1.74. The molecule has 1 aromatic heterocycles. The largest absolute Gasteiger partial charge is 0.495 e. The van der Waals surface area contributed by atoms with E-state index in [0.29, 0.717) is 11.4 Å². The first-order valence-electron chi connectivity index (χ1n) is 5.89. The molecule has 0 radical (unpaired) electrons. The zero-order chi connectivity index (χ0) is 14.7. The first kappa shape index (κ1) is 13.8. The highest BCUT2D eigenvalue weighted by atomic mass is 19.1. The van der Waals surface area contributed by atoms with Crippen LogP contribution in [0.1, 0.15) is 15.9 Å². The molecule has 5 nitrogen and oxygen atoms in total. The first-order valence-corrected chi connectivity index (χ1v) is 5.89. The van der Waals surface area contributed by atoms with Crippen LogP contribution in [0.3, 0.4) is 0 Å². The summed E-state index contributed by atoms with van der Waals surface area (Å²) < 4.78 is 18.9. The van der Waals surface area contributed by atoms with Gasteiger partial charge in [0, 0.05) is 6.20 Å². The van der Waals surface area contributed by atoms with Crippen molar-refractivity contribution < 1.29 is 13.9 Å². The Kier molecular flexibility index (Phi) is 3.84. The molecule has 0 fully saturated rings. The normalized spacial score (nSPS) is 10.2. The molecule has 0 saturated carbocycles. The van der Waals surface area contributed by atoms with Gasteiger partial charge in [0.2, 0.25) is 0 Å². The molecular formula is C14H14FN3O2. The van der Waals surface area contributed by atoms with Gasteiger partial charge in [-0.15, -0.1) is 0 Å². The molecule has 2 rings (SSSR count). The summed E-state index contributed by atoms with van der Waals surface area (Å²) in [7, 11) is 1.49. The van der Waals surface area contributed by atoms with E-state index in [-0.39, 0.29) is 11.4 Å². The number of nitrogen functional groups attached to an aromatic ring is 1. The Morgan fingerprint density at radius 3 is 2.85 bits per heavy atom. The van der Waals surface area contributed by atoms with Gasteiger partial charge < -0.3 is 15.8 Å². The Hall–Kier alpha value is -2.63. The number of nitrogens with two attached hydrogens (primary N) is 1. The van der Waals surface area contributed by atoms with E-state index in [2.05, 4.69) is 10.3 Å². The molecule has 6 heteroatoms. The number of nitrogens with one attached hydrogen (secondary N) is 1. The number of aryl methyl sites for hydroxylation is 1. The predicted octanol–water partition coefficient (Wildman–Crippen LogP) is 2.37. The van der Waals surface area contributed by atoms with Gasteiger partial charge in [-0.2, -0.15) is 0 Å². The second-order valence-electron chi connectivity index (χ2n) is 4.22. The van der Waals surface area contributed by atoms with Crippen molar-refractivity contribution in [3.63, 3.8) is 0 Å². The van der Waals surface area contributed by atoms with E-state index < -0.39 is 11.7 Å². The van der Waals surface area contributed by atoms with Crippen molar-refractivity contribution in [1.29, 1.82) is 0 Å². The monoisotopic (exact) mass is 275 g/mol. The number of methoxy groups -OCH3 is 1. The van der Waals surface area contributed by atoms with Crippen LogP contribution in [0.2, 0.25) is 0 Å². The predicted molar refractivity (Wildman–Crippen MR) is 74.3 cm³/mol. The summed E-state index contributed by atoms with van der Waals surface area (Å²) in [5.41, 5.74) is 6.58. The zero-order valence-electron chi connectivity index (χ0n) is 11.1. The fourth-order valence-corrected chi connectivity index (χ4v) is 1.74. The number of nitrogens with zero attached hydrogens (tertiary/aromatic N) is 1. The van der Waals surface area contributed by atoms with Crippen LogP contribution in [0.25, 0.3) is 0 Å². The summed E-state index contributed by atoms with van der Waals surface area (Å²) in [6.45, 7) is 1.88. The highest BCUT2D eigenvalue weighted by Gasteiger charge is 2.16. The van der Waals surface area contributed by atoms with Gasteiger partial charge in [0.05, 0.1) is 18.4 Å². The Morgan fingerprint density at radius 2 is 2.15 bits per heavy atom. The molecule has 0 atom stereocenters. The lowest BCUT2D eigenvalue weighted by Crippen LogP contribution is -2.15. The minimum absolute atomic E-state index is 0.166. The van der Waals surface area contributed by atoms with Crippen LogP contribution >= 0.6 is 0 Å². The maximum atomic E-state index is 13.7. The molecule has 1 amide bonds. The lowest BCUT2D eigenvalue weighted by Gasteiger charge is -2.11. The number of hydrogen-bond donors (Lipinski definition) is 2. The van der Waals surface area contributed by atoms with Gasteiger partial charge in [0.15, 0.2) is 11.6 Å². The number of ether oxygens (including phenoxy) is 1. The highest BCUT2D eigenvalue weighted by Crippen LogP contribution is 2.26. The summed E-state index contributed by atoms with van der Waals surface area (Å²) in [4.78, 5) is 15.7. The minimum Gasteiger partial charge on any atom is -0.495 e. The molecule has 1 heterocycles.